The van der Waals surface area contributed by atoms with Gasteiger partial charge in [0.1, 0.15) is 5.60 Å². The molecule has 106 valence electrons. The van der Waals surface area contributed by atoms with Gasteiger partial charge in [-0.2, -0.15) is 0 Å². The quantitative estimate of drug-likeness (QED) is 0.800. The number of hydrogen-bond acceptors (Lipinski definition) is 2. The first-order valence-corrected chi connectivity index (χ1v) is 7.73. The highest BCUT2D eigenvalue weighted by Gasteiger charge is 2.42. The fourth-order valence-corrected chi connectivity index (χ4v) is 3.23. The van der Waals surface area contributed by atoms with Crippen LogP contribution in [0.25, 0.3) is 0 Å². The summed E-state index contributed by atoms with van der Waals surface area (Å²) >= 11 is 3.56. The summed E-state index contributed by atoms with van der Waals surface area (Å²) in [6.07, 6.45) is 3.14. The first-order valence-electron chi connectivity index (χ1n) is 6.93. The van der Waals surface area contributed by atoms with Gasteiger partial charge in [-0.25, -0.2) is 4.99 Å². The summed E-state index contributed by atoms with van der Waals surface area (Å²) in [5.74, 6) is 0. The Kier molecular flexibility index (Phi) is 3.79. The molecule has 2 aromatic rings. The van der Waals surface area contributed by atoms with Crippen molar-refractivity contribution < 1.29 is 5.11 Å². The zero-order valence-corrected chi connectivity index (χ0v) is 13.2. The van der Waals surface area contributed by atoms with E-state index in [2.05, 4.69) is 22.5 Å². The summed E-state index contributed by atoms with van der Waals surface area (Å²) in [5, 5.41) is 11.3. The van der Waals surface area contributed by atoms with E-state index in [-0.39, 0.29) is 0 Å². The van der Waals surface area contributed by atoms with Crippen molar-refractivity contribution in [1.82, 2.24) is 0 Å². The average Bonchev–Trinajstić information content (AvgIpc) is 2.80. The monoisotopic (exact) mass is 341 g/mol. The van der Waals surface area contributed by atoms with Gasteiger partial charge in [-0.05, 0) is 25.0 Å². The Bertz CT molecular complexity index is 723. The number of aliphatic hydroxyl groups is 1. The zero-order valence-electron chi connectivity index (χ0n) is 11.6. The molecule has 0 radical (unpaired) electrons. The first-order chi connectivity index (χ1) is 10.2. The van der Waals surface area contributed by atoms with E-state index in [1.54, 1.807) is 0 Å². The molecule has 0 saturated carbocycles. The van der Waals surface area contributed by atoms with Gasteiger partial charge in [-0.1, -0.05) is 58.4 Å². The van der Waals surface area contributed by atoms with E-state index in [4.69, 9.17) is 4.99 Å². The van der Waals surface area contributed by atoms with Crippen molar-refractivity contribution in [2.75, 3.05) is 0 Å². The first kappa shape index (κ1) is 14.2. The molecule has 1 heterocycles. The molecule has 1 N–H and O–H groups in total. The molecule has 0 fully saturated rings. The molecule has 3 rings (SSSR count). The minimum atomic E-state index is -1.06. The maximum atomic E-state index is 11.3. The smallest absolute Gasteiger partial charge is 0.134 e. The normalized spacial score (nSPS) is 20.0. The fraction of sp³-hybridized carbons (Fsp3) is 0.167. The highest BCUT2D eigenvalue weighted by atomic mass is 79.9. The van der Waals surface area contributed by atoms with Gasteiger partial charge in [0.15, 0.2) is 0 Å². The van der Waals surface area contributed by atoms with Gasteiger partial charge in [0.05, 0.1) is 11.4 Å². The lowest BCUT2D eigenvalue weighted by atomic mass is 9.83. The molecule has 1 aliphatic rings. The van der Waals surface area contributed by atoms with E-state index < -0.39 is 5.60 Å². The predicted octanol–water partition coefficient (Wildman–Crippen LogP) is 4.74. The molecule has 0 spiro atoms. The predicted molar refractivity (Wildman–Crippen MR) is 90.1 cm³/mol. The van der Waals surface area contributed by atoms with Crippen LogP contribution in [-0.4, -0.2) is 10.8 Å². The van der Waals surface area contributed by atoms with E-state index in [0.717, 1.165) is 27.7 Å². The summed E-state index contributed by atoms with van der Waals surface area (Å²) in [6, 6.07) is 15.6. The molecule has 2 aromatic carbocycles. The number of hydrogen-bond donors (Lipinski definition) is 1. The van der Waals surface area contributed by atoms with Crippen molar-refractivity contribution >= 4 is 27.3 Å². The van der Waals surface area contributed by atoms with Crippen LogP contribution in [0.1, 0.15) is 24.0 Å². The lowest BCUT2D eigenvalue weighted by Gasteiger charge is -2.26. The maximum Gasteiger partial charge on any atom is 0.134 e. The van der Waals surface area contributed by atoms with Crippen molar-refractivity contribution in [2.24, 2.45) is 4.99 Å². The Labute approximate surface area is 133 Å². The highest BCUT2D eigenvalue weighted by Crippen LogP contribution is 2.44. The number of rotatable bonds is 4. The molecule has 21 heavy (non-hydrogen) atoms. The molecule has 1 atom stereocenters. The van der Waals surface area contributed by atoms with Crippen molar-refractivity contribution in [2.45, 2.75) is 18.4 Å². The van der Waals surface area contributed by atoms with Gasteiger partial charge in [0.25, 0.3) is 0 Å². The molecule has 3 heteroatoms. The number of allylic oxidation sites excluding steroid dienone is 1. The standard InChI is InChI=1S/C18H16BrNO/c1-2-3-12-18(21)14-9-5-7-11-16(14)20-17(18)13-8-4-6-10-15(13)19/h2,4-11,21H,1,3,12H2. The van der Waals surface area contributed by atoms with Crippen LogP contribution in [0, 0.1) is 0 Å². The van der Waals surface area contributed by atoms with Gasteiger partial charge in [0.2, 0.25) is 0 Å². The van der Waals surface area contributed by atoms with Gasteiger partial charge in [0, 0.05) is 15.6 Å². The van der Waals surface area contributed by atoms with Crippen LogP contribution in [0.5, 0.6) is 0 Å². The molecule has 1 aliphatic heterocycles. The van der Waals surface area contributed by atoms with Crippen LogP contribution in [-0.2, 0) is 5.60 Å². The summed E-state index contributed by atoms with van der Waals surface area (Å²) < 4.78 is 0.939. The molecule has 2 nitrogen and oxygen atoms in total. The van der Waals surface area contributed by atoms with Crippen LogP contribution >= 0.6 is 15.9 Å². The second kappa shape index (κ2) is 5.58. The lowest BCUT2D eigenvalue weighted by molar-refractivity contribution is 0.107. The third kappa shape index (κ3) is 2.37. The highest BCUT2D eigenvalue weighted by molar-refractivity contribution is 9.10. The second-order valence-corrected chi connectivity index (χ2v) is 6.00. The van der Waals surface area contributed by atoms with E-state index in [1.165, 1.54) is 0 Å². The number of fused-ring (bicyclic) bond motifs is 1. The largest absolute Gasteiger partial charge is 0.379 e. The van der Waals surface area contributed by atoms with Crippen LogP contribution in [0.3, 0.4) is 0 Å². The van der Waals surface area contributed by atoms with E-state index in [0.29, 0.717) is 12.1 Å². The van der Waals surface area contributed by atoms with Crippen LogP contribution < -0.4 is 0 Å². The molecule has 0 bridgehead atoms. The molecule has 0 aromatic heterocycles. The number of benzene rings is 2. The summed E-state index contributed by atoms with van der Waals surface area (Å²) in [6.45, 7) is 3.76. The second-order valence-electron chi connectivity index (χ2n) is 5.15. The van der Waals surface area contributed by atoms with Crippen molar-refractivity contribution in [3.63, 3.8) is 0 Å². The third-order valence-electron chi connectivity index (χ3n) is 3.81. The van der Waals surface area contributed by atoms with E-state index >= 15 is 0 Å². The minimum absolute atomic E-state index is 0.577. The topological polar surface area (TPSA) is 32.6 Å². The zero-order chi connectivity index (χ0) is 14.9. The molecule has 0 aliphatic carbocycles. The van der Waals surface area contributed by atoms with Gasteiger partial charge in [-0.15, -0.1) is 6.58 Å². The summed E-state index contributed by atoms with van der Waals surface area (Å²) in [7, 11) is 0. The van der Waals surface area contributed by atoms with Crippen LogP contribution in [0.4, 0.5) is 5.69 Å². The lowest BCUT2D eigenvalue weighted by Crippen LogP contribution is -2.33. The molecular weight excluding hydrogens is 326 g/mol. The number of halogens is 1. The Morgan fingerprint density at radius 1 is 1.14 bits per heavy atom. The molecule has 0 saturated heterocycles. The van der Waals surface area contributed by atoms with Crippen molar-refractivity contribution in [3.05, 3.63) is 76.8 Å². The Morgan fingerprint density at radius 3 is 2.62 bits per heavy atom. The third-order valence-corrected chi connectivity index (χ3v) is 4.50. The Hall–Kier alpha value is -1.71. The minimum Gasteiger partial charge on any atom is -0.379 e. The van der Waals surface area contributed by atoms with Crippen LogP contribution in [0.15, 0.2) is 70.7 Å². The van der Waals surface area contributed by atoms with E-state index in [9.17, 15) is 5.11 Å². The molecule has 1 unspecified atom stereocenters. The molecular formula is C18H16BrNO. The number of aliphatic imine (C=N–C) groups is 1. The number of para-hydroxylation sites is 1. The Balaban J connectivity index is 2.16. The average molecular weight is 342 g/mol. The number of nitrogens with zero attached hydrogens (tertiary/aromatic N) is 1. The SMILES string of the molecule is C=CCCC1(O)C(c2ccccc2Br)=Nc2ccccc21. The van der Waals surface area contributed by atoms with Crippen LogP contribution in [0.2, 0.25) is 0 Å². The summed E-state index contributed by atoms with van der Waals surface area (Å²) in [4.78, 5) is 4.69. The van der Waals surface area contributed by atoms with Gasteiger partial charge >= 0.3 is 0 Å². The summed E-state index contributed by atoms with van der Waals surface area (Å²) in [5.41, 5.74) is 2.29. The van der Waals surface area contributed by atoms with E-state index in [1.807, 2.05) is 54.6 Å². The maximum absolute atomic E-state index is 11.3. The Morgan fingerprint density at radius 2 is 1.86 bits per heavy atom. The fourth-order valence-electron chi connectivity index (χ4n) is 2.76. The van der Waals surface area contributed by atoms with Gasteiger partial charge in [-0.3, -0.25) is 0 Å². The molecule has 0 amide bonds. The van der Waals surface area contributed by atoms with Crippen molar-refractivity contribution in [1.29, 1.82) is 0 Å². The van der Waals surface area contributed by atoms with Gasteiger partial charge < -0.3 is 5.11 Å². The van der Waals surface area contributed by atoms with Crippen molar-refractivity contribution in [3.8, 4) is 0 Å².